The van der Waals surface area contributed by atoms with Crippen molar-refractivity contribution in [1.82, 2.24) is 4.90 Å². The molecule has 0 radical (unpaired) electrons. The minimum Gasteiger partial charge on any atom is -0.493 e. The molecule has 1 aliphatic heterocycles. The Morgan fingerprint density at radius 3 is 2.44 bits per heavy atom. The number of hydrogen-bond donors (Lipinski definition) is 0. The highest BCUT2D eigenvalue weighted by atomic mass is 16.5. The number of carbonyl (C=O) groups excluding carboxylic acids is 1. The van der Waals surface area contributed by atoms with Crippen molar-refractivity contribution in [3.05, 3.63) is 65.7 Å². The molecule has 0 atom stereocenters. The van der Waals surface area contributed by atoms with Gasteiger partial charge in [-0.1, -0.05) is 42.5 Å². The van der Waals surface area contributed by atoms with Gasteiger partial charge in [0.2, 0.25) is 0 Å². The molecule has 0 aromatic heterocycles. The van der Waals surface area contributed by atoms with E-state index in [0.717, 1.165) is 25.3 Å². The molecule has 1 aliphatic rings. The van der Waals surface area contributed by atoms with Crippen molar-refractivity contribution in [2.24, 2.45) is 5.92 Å². The lowest BCUT2D eigenvalue weighted by Gasteiger charge is -2.32. The average molecular weight is 366 g/mol. The van der Waals surface area contributed by atoms with Gasteiger partial charge in [0, 0.05) is 0 Å². The summed E-state index contributed by atoms with van der Waals surface area (Å²) in [6, 6.07) is 18.4. The second-order valence-electron chi connectivity index (χ2n) is 7.58. The van der Waals surface area contributed by atoms with Crippen molar-refractivity contribution in [2.75, 3.05) is 26.2 Å². The topological polar surface area (TPSA) is 29.5 Å². The minimum absolute atomic E-state index is 0.0592. The number of ketones is 1. The lowest BCUT2D eigenvalue weighted by atomic mass is 9.90. The molecule has 1 heterocycles. The number of hydrogen-bond acceptors (Lipinski definition) is 3. The van der Waals surface area contributed by atoms with Crippen LogP contribution in [0.25, 0.3) is 0 Å². The van der Waals surface area contributed by atoms with Gasteiger partial charge in [-0.05, 0) is 82.3 Å². The quantitative estimate of drug-likeness (QED) is 0.462. The van der Waals surface area contributed by atoms with Crippen molar-refractivity contribution in [3.63, 3.8) is 0 Å². The molecule has 2 aromatic rings. The van der Waals surface area contributed by atoms with Crippen LogP contribution in [0.5, 0.6) is 5.75 Å². The second-order valence-corrected chi connectivity index (χ2v) is 7.58. The van der Waals surface area contributed by atoms with E-state index in [1.807, 2.05) is 24.3 Å². The van der Waals surface area contributed by atoms with Crippen LogP contribution in [0.2, 0.25) is 0 Å². The van der Waals surface area contributed by atoms with Crippen LogP contribution < -0.4 is 4.74 Å². The lowest BCUT2D eigenvalue weighted by molar-refractivity contribution is 0.101. The van der Waals surface area contributed by atoms with Gasteiger partial charge in [-0.2, -0.15) is 0 Å². The van der Waals surface area contributed by atoms with E-state index in [4.69, 9.17) is 4.74 Å². The molecular weight excluding hydrogens is 334 g/mol. The summed E-state index contributed by atoms with van der Waals surface area (Å²) in [6.07, 6.45) is 5.99. The van der Waals surface area contributed by atoms with Gasteiger partial charge >= 0.3 is 0 Å². The fourth-order valence-electron chi connectivity index (χ4n) is 3.86. The summed E-state index contributed by atoms with van der Waals surface area (Å²) in [5, 5.41) is 0. The molecule has 144 valence electrons. The molecule has 0 N–H and O–H groups in total. The molecule has 1 fully saturated rings. The number of para-hydroxylation sites is 1. The number of nitrogens with zero attached hydrogens (tertiary/aromatic N) is 1. The number of benzene rings is 2. The first-order chi connectivity index (χ1) is 13.2. The Bertz CT molecular complexity index is 705. The molecule has 1 saturated heterocycles. The van der Waals surface area contributed by atoms with E-state index in [2.05, 4.69) is 35.2 Å². The van der Waals surface area contributed by atoms with Gasteiger partial charge in [-0.15, -0.1) is 0 Å². The third-order valence-corrected chi connectivity index (χ3v) is 5.47. The third-order valence-electron chi connectivity index (χ3n) is 5.47. The van der Waals surface area contributed by atoms with Crippen molar-refractivity contribution in [2.45, 2.75) is 39.0 Å². The number of Topliss-reactive ketones (excluding diaryl/α,β-unsaturated/α-hetero) is 1. The Balaban J connectivity index is 1.30. The van der Waals surface area contributed by atoms with Gasteiger partial charge < -0.3 is 9.64 Å². The average Bonchev–Trinajstić information content (AvgIpc) is 2.70. The van der Waals surface area contributed by atoms with Crippen molar-refractivity contribution < 1.29 is 9.53 Å². The maximum absolute atomic E-state index is 11.6. The maximum atomic E-state index is 11.6. The summed E-state index contributed by atoms with van der Waals surface area (Å²) >= 11 is 0. The van der Waals surface area contributed by atoms with E-state index < -0.39 is 0 Å². The molecule has 3 nitrogen and oxygen atoms in total. The Morgan fingerprint density at radius 2 is 1.70 bits per heavy atom. The van der Waals surface area contributed by atoms with Gasteiger partial charge in [0.15, 0.2) is 5.78 Å². The number of piperidine rings is 1. The fraction of sp³-hybridized carbons (Fsp3) is 0.458. The molecule has 0 saturated carbocycles. The number of likely N-dealkylation sites (tertiary alicyclic amines) is 1. The summed E-state index contributed by atoms with van der Waals surface area (Å²) in [5.41, 5.74) is 2.15. The highest BCUT2D eigenvalue weighted by molar-refractivity contribution is 5.96. The summed E-state index contributed by atoms with van der Waals surface area (Å²) in [4.78, 5) is 14.2. The van der Waals surface area contributed by atoms with Gasteiger partial charge in [-0.25, -0.2) is 0 Å². The second kappa shape index (κ2) is 10.3. The van der Waals surface area contributed by atoms with Crippen molar-refractivity contribution >= 4 is 5.78 Å². The third kappa shape index (κ3) is 6.21. The fourth-order valence-corrected chi connectivity index (χ4v) is 3.86. The molecule has 27 heavy (non-hydrogen) atoms. The largest absolute Gasteiger partial charge is 0.493 e. The molecule has 0 bridgehead atoms. The standard InChI is InChI=1S/C24H31NO2/c1-20(26)23-11-5-6-12-24(23)27-18-8-7-15-25-16-13-22(14-17-25)19-21-9-3-2-4-10-21/h2-6,9-12,22H,7-8,13-19H2,1H3. The van der Waals surface area contributed by atoms with E-state index in [0.29, 0.717) is 17.9 Å². The Labute approximate surface area is 163 Å². The summed E-state index contributed by atoms with van der Waals surface area (Å²) < 4.78 is 5.83. The summed E-state index contributed by atoms with van der Waals surface area (Å²) in [7, 11) is 0. The van der Waals surface area contributed by atoms with Crippen molar-refractivity contribution in [3.8, 4) is 5.75 Å². The van der Waals surface area contributed by atoms with Crippen LogP contribution in [-0.2, 0) is 6.42 Å². The zero-order chi connectivity index (χ0) is 18.9. The van der Waals surface area contributed by atoms with Crippen LogP contribution >= 0.6 is 0 Å². The minimum atomic E-state index is 0.0592. The number of carbonyl (C=O) groups is 1. The van der Waals surface area contributed by atoms with Crippen LogP contribution in [0.1, 0.15) is 48.5 Å². The number of rotatable bonds is 9. The van der Waals surface area contributed by atoms with Crippen molar-refractivity contribution in [1.29, 1.82) is 0 Å². The normalized spacial score (nSPS) is 15.6. The van der Waals surface area contributed by atoms with E-state index >= 15 is 0 Å². The first-order valence-electron chi connectivity index (χ1n) is 10.2. The Morgan fingerprint density at radius 1 is 1.00 bits per heavy atom. The Kier molecular flexibility index (Phi) is 7.46. The van der Waals surface area contributed by atoms with Crippen LogP contribution in [0, 0.1) is 5.92 Å². The zero-order valence-electron chi connectivity index (χ0n) is 16.4. The predicted molar refractivity (Wildman–Crippen MR) is 110 cm³/mol. The van der Waals surface area contributed by atoms with Gasteiger partial charge in [0.05, 0.1) is 12.2 Å². The first-order valence-corrected chi connectivity index (χ1v) is 10.2. The zero-order valence-corrected chi connectivity index (χ0v) is 16.4. The summed E-state index contributed by atoms with van der Waals surface area (Å²) in [6.45, 7) is 5.84. The highest BCUT2D eigenvalue weighted by Crippen LogP contribution is 2.22. The molecule has 0 unspecified atom stereocenters. The monoisotopic (exact) mass is 365 g/mol. The van der Waals surface area contributed by atoms with Gasteiger partial charge in [-0.3, -0.25) is 4.79 Å². The predicted octanol–water partition coefficient (Wildman–Crippen LogP) is 5.00. The Hall–Kier alpha value is -2.13. The van der Waals surface area contributed by atoms with E-state index in [9.17, 15) is 4.79 Å². The number of ether oxygens (including phenoxy) is 1. The molecule has 0 spiro atoms. The molecule has 3 rings (SSSR count). The molecule has 2 aromatic carbocycles. The van der Waals surface area contributed by atoms with Crippen LogP contribution in [0.3, 0.4) is 0 Å². The van der Waals surface area contributed by atoms with E-state index in [1.165, 1.54) is 37.9 Å². The van der Waals surface area contributed by atoms with Crippen LogP contribution in [0.4, 0.5) is 0 Å². The maximum Gasteiger partial charge on any atom is 0.163 e. The van der Waals surface area contributed by atoms with Gasteiger partial charge in [0.1, 0.15) is 5.75 Å². The van der Waals surface area contributed by atoms with E-state index in [-0.39, 0.29) is 5.78 Å². The van der Waals surface area contributed by atoms with Gasteiger partial charge in [0.25, 0.3) is 0 Å². The smallest absolute Gasteiger partial charge is 0.163 e. The molecule has 3 heteroatoms. The first kappa shape index (κ1) is 19.6. The van der Waals surface area contributed by atoms with Crippen LogP contribution in [-0.4, -0.2) is 36.9 Å². The summed E-state index contributed by atoms with van der Waals surface area (Å²) in [5.74, 6) is 1.60. The molecular formula is C24H31NO2. The number of unbranched alkanes of at least 4 members (excludes halogenated alkanes) is 1. The molecule has 0 aliphatic carbocycles. The molecule has 0 amide bonds. The SMILES string of the molecule is CC(=O)c1ccccc1OCCCCN1CCC(Cc2ccccc2)CC1. The lowest BCUT2D eigenvalue weighted by Crippen LogP contribution is -2.35. The highest BCUT2D eigenvalue weighted by Gasteiger charge is 2.19. The van der Waals surface area contributed by atoms with Crippen LogP contribution in [0.15, 0.2) is 54.6 Å². The van der Waals surface area contributed by atoms with E-state index in [1.54, 1.807) is 6.92 Å².